The monoisotopic (exact) mass is 340 g/mol. The van der Waals surface area contributed by atoms with Crippen molar-refractivity contribution < 1.29 is 9.47 Å². The Morgan fingerprint density at radius 2 is 1.92 bits per heavy atom. The molecule has 1 heterocycles. The van der Waals surface area contributed by atoms with Gasteiger partial charge >= 0.3 is 0 Å². The van der Waals surface area contributed by atoms with Crippen LogP contribution in [0.3, 0.4) is 0 Å². The lowest BCUT2D eigenvalue weighted by Crippen LogP contribution is -2.35. The second-order valence-electron chi connectivity index (χ2n) is 6.39. The molecule has 0 atom stereocenters. The Bertz CT molecular complexity index is 687. The maximum absolute atomic E-state index is 5.56. The van der Waals surface area contributed by atoms with Crippen molar-refractivity contribution in [2.45, 2.75) is 26.4 Å². The van der Waals surface area contributed by atoms with Crippen LogP contribution in [0.4, 0.5) is 0 Å². The minimum atomic E-state index is 0.646. The highest BCUT2D eigenvalue weighted by Crippen LogP contribution is 2.28. The van der Waals surface area contributed by atoms with E-state index in [2.05, 4.69) is 46.6 Å². The van der Waals surface area contributed by atoms with Gasteiger partial charge in [0.2, 0.25) is 0 Å². The van der Waals surface area contributed by atoms with Gasteiger partial charge in [-0.3, -0.25) is 4.90 Å². The molecule has 134 valence electrons. The summed E-state index contributed by atoms with van der Waals surface area (Å²) in [5, 5.41) is 3.54. The molecule has 0 amide bonds. The molecule has 0 spiro atoms. The lowest BCUT2D eigenvalue weighted by Gasteiger charge is -2.28. The minimum absolute atomic E-state index is 0.646. The maximum atomic E-state index is 5.56. The van der Waals surface area contributed by atoms with Crippen LogP contribution < -0.4 is 14.8 Å². The van der Waals surface area contributed by atoms with Crippen molar-refractivity contribution in [3.05, 3.63) is 59.2 Å². The fraction of sp³-hybridized carbons (Fsp3) is 0.429. The molecule has 2 aromatic carbocycles. The Hall–Kier alpha value is -2.04. The fourth-order valence-corrected chi connectivity index (χ4v) is 3.31. The Kier molecular flexibility index (Phi) is 6.31. The molecule has 0 aromatic heterocycles. The van der Waals surface area contributed by atoms with Gasteiger partial charge in [-0.1, -0.05) is 30.3 Å². The van der Waals surface area contributed by atoms with Gasteiger partial charge in [-0.15, -0.1) is 0 Å². The summed E-state index contributed by atoms with van der Waals surface area (Å²) < 4.78 is 11.0. The number of ether oxygens (including phenoxy) is 2. The van der Waals surface area contributed by atoms with Gasteiger partial charge in [-0.25, -0.2) is 0 Å². The number of methoxy groups -OCH3 is 1. The molecule has 1 aliphatic heterocycles. The predicted octanol–water partition coefficient (Wildman–Crippen LogP) is 3.24. The van der Waals surface area contributed by atoms with Crippen molar-refractivity contribution in [2.24, 2.45) is 0 Å². The van der Waals surface area contributed by atoms with Gasteiger partial charge < -0.3 is 14.8 Å². The third kappa shape index (κ3) is 4.74. The van der Waals surface area contributed by atoms with Gasteiger partial charge in [0.05, 0.1) is 13.7 Å². The molecule has 0 saturated carbocycles. The third-order valence-electron chi connectivity index (χ3n) is 4.67. The molecule has 4 heteroatoms. The van der Waals surface area contributed by atoms with Crippen LogP contribution in [0.15, 0.2) is 42.5 Å². The highest BCUT2D eigenvalue weighted by Gasteiger charge is 2.14. The lowest BCUT2D eigenvalue weighted by molar-refractivity contribution is 0.254. The number of nitrogens with zero attached hydrogens (tertiary/aromatic N) is 1. The molecule has 0 radical (unpaired) electrons. The first-order valence-electron chi connectivity index (χ1n) is 9.09. The van der Waals surface area contributed by atoms with Crippen LogP contribution in [0.1, 0.15) is 23.6 Å². The standard InChI is InChI=1S/C21H28N2O2/c1-3-25-20-9-8-17(14-21(20)24-2)15-22-11-13-23-12-10-18-6-4-5-7-19(18)16-23/h4-9,14,22H,3,10-13,15-16H2,1-2H3. The summed E-state index contributed by atoms with van der Waals surface area (Å²) in [4.78, 5) is 2.52. The smallest absolute Gasteiger partial charge is 0.161 e. The summed E-state index contributed by atoms with van der Waals surface area (Å²) in [7, 11) is 1.68. The average molecular weight is 340 g/mol. The Balaban J connectivity index is 1.44. The molecule has 0 bridgehead atoms. The first kappa shape index (κ1) is 17.8. The van der Waals surface area contributed by atoms with E-state index in [1.54, 1.807) is 7.11 Å². The number of benzene rings is 2. The van der Waals surface area contributed by atoms with Crippen LogP contribution in [0.2, 0.25) is 0 Å². The van der Waals surface area contributed by atoms with Crippen LogP contribution >= 0.6 is 0 Å². The van der Waals surface area contributed by atoms with E-state index in [0.29, 0.717) is 6.61 Å². The van der Waals surface area contributed by atoms with Gasteiger partial charge in [-0.2, -0.15) is 0 Å². The molecule has 0 unspecified atom stereocenters. The van der Waals surface area contributed by atoms with Gasteiger partial charge in [0.15, 0.2) is 11.5 Å². The predicted molar refractivity (Wildman–Crippen MR) is 101 cm³/mol. The van der Waals surface area contributed by atoms with Crippen molar-refractivity contribution in [2.75, 3.05) is 33.4 Å². The summed E-state index contributed by atoms with van der Waals surface area (Å²) in [6.07, 6.45) is 1.16. The average Bonchev–Trinajstić information content (AvgIpc) is 2.66. The topological polar surface area (TPSA) is 33.7 Å². The van der Waals surface area contributed by atoms with E-state index in [0.717, 1.165) is 50.6 Å². The highest BCUT2D eigenvalue weighted by molar-refractivity contribution is 5.42. The normalized spacial score (nSPS) is 14.2. The molecule has 2 aromatic rings. The molecular weight excluding hydrogens is 312 g/mol. The molecule has 0 aliphatic carbocycles. The van der Waals surface area contributed by atoms with E-state index in [1.165, 1.54) is 16.7 Å². The van der Waals surface area contributed by atoms with Gasteiger partial charge in [0.1, 0.15) is 0 Å². The number of fused-ring (bicyclic) bond motifs is 1. The van der Waals surface area contributed by atoms with Crippen molar-refractivity contribution >= 4 is 0 Å². The molecular formula is C21H28N2O2. The molecule has 0 fully saturated rings. The van der Waals surface area contributed by atoms with Crippen LogP contribution in [0.5, 0.6) is 11.5 Å². The summed E-state index contributed by atoms with van der Waals surface area (Å²) in [6.45, 7) is 7.73. The molecule has 0 saturated heterocycles. The summed E-state index contributed by atoms with van der Waals surface area (Å²) in [6, 6.07) is 14.9. The minimum Gasteiger partial charge on any atom is -0.493 e. The van der Waals surface area contributed by atoms with Crippen LogP contribution in [0, 0.1) is 0 Å². The van der Waals surface area contributed by atoms with E-state index in [-0.39, 0.29) is 0 Å². The van der Waals surface area contributed by atoms with Crippen molar-refractivity contribution in [1.29, 1.82) is 0 Å². The summed E-state index contributed by atoms with van der Waals surface area (Å²) >= 11 is 0. The Morgan fingerprint density at radius 3 is 2.72 bits per heavy atom. The maximum Gasteiger partial charge on any atom is 0.161 e. The van der Waals surface area contributed by atoms with Crippen LogP contribution in [-0.2, 0) is 19.5 Å². The molecule has 4 nitrogen and oxygen atoms in total. The highest BCUT2D eigenvalue weighted by atomic mass is 16.5. The number of hydrogen-bond acceptors (Lipinski definition) is 4. The summed E-state index contributed by atoms with van der Waals surface area (Å²) in [5.74, 6) is 1.61. The van der Waals surface area contributed by atoms with Crippen molar-refractivity contribution in [3.8, 4) is 11.5 Å². The van der Waals surface area contributed by atoms with Gasteiger partial charge in [0, 0.05) is 32.7 Å². The van der Waals surface area contributed by atoms with Crippen molar-refractivity contribution in [3.63, 3.8) is 0 Å². The van der Waals surface area contributed by atoms with E-state index < -0.39 is 0 Å². The van der Waals surface area contributed by atoms with Crippen LogP contribution in [0.25, 0.3) is 0 Å². The number of hydrogen-bond donors (Lipinski definition) is 1. The number of rotatable bonds is 8. The first-order valence-corrected chi connectivity index (χ1v) is 9.09. The van der Waals surface area contributed by atoms with E-state index >= 15 is 0 Å². The zero-order valence-electron chi connectivity index (χ0n) is 15.3. The molecule has 1 N–H and O–H groups in total. The zero-order valence-corrected chi connectivity index (χ0v) is 15.3. The Labute approximate surface area is 150 Å². The SMILES string of the molecule is CCOc1ccc(CNCCN2CCc3ccccc3C2)cc1OC. The second kappa shape index (κ2) is 8.88. The van der Waals surface area contributed by atoms with Gasteiger partial charge in [0.25, 0.3) is 0 Å². The third-order valence-corrected chi connectivity index (χ3v) is 4.67. The van der Waals surface area contributed by atoms with E-state index in [1.807, 2.05) is 13.0 Å². The number of nitrogens with one attached hydrogen (secondary N) is 1. The zero-order chi connectivity index (χ0) is 17.5. The second-order valence-corrected chi connectivity index (χ2v) is 6.39. The van der Waals surface area contributed by atoms with E-state index in [9.17, 15) is 0 Å². The molecule has 3 rings (SSSR count). The van der Waals surface area contributed by atoms with E-state index in [4.69, 9.17) is 9.47 Å². The largest absolute Gasteiger partial charge is 0.493 e. The van der Waals surface area contributed by atoms with Gasteiger partial charge in [-0.05, 0) is 42.2 Å². The van der Waals surface area contributed by atoms with Crippen molar-refractivity contribution in [1.82, 2.24) is 10.2 Å². The molecule has 1 aliphatic rings. The first-order chi connectivity index (χ1) is 12.3. The quantitative estimate of drug-likeness (QED) is 0.748. The summed E-state index contributed by atoms with van der Waals surface area (Å²) in [5.41, 5.74) is 4.20. The lowest BCUT2D eigenvalue weighted by atomic mass is 10.00. The van der Waals surface area contributed by atoms with Crippen LogP contribution in [-0.4, -0.2) is 38.3 Å². The fourth-order valence-electron chi connectivity index (χ4n) is 3.31. The Morgan fingerprint density at radius 1 is 1.08 bits per heavy atom. The molecule has 25 heavy (non-hydrogen) atoms.